The van der Waals surface area contributed by atoms with E-state index in [0.29, 0.717) is 17.9 Å². The van der Waals surface area contributed by atoms with Crippen LogP contribution in [0.1, 0.15) is 35.1 Å². The average Bonchev–Trinajstić information content (AvgIpc) is 3.25. The number of rotatable bonds is 3. The molecular weight excluding hydrogens is 368 g/mol. The lowest BCUT2D eigenvalue weighted by Crippen LogP contribution is -2.22. The zero-order valence-electron chi connectivity index (χ0n) is 16.0. The second-order valence-corrected chi connectivity index (χ2v) is 8.83. The molecule has 0 saturated carbocycles. The highest BCUT2D eigenvalue weighted by molar-refractivity contribution is 7.18. The number of aryl methyl sites for hydroxylation is 3. The van der Waals surface area contributed by atoms with E-state index in [9.17, 15) is 4.79 Å². The fraction of sp³-hybridized carbons (Fsp3) is 0.318. The maximum Gasteiger partial charge on any atom is 0.274 e. The van der Waals surface area contributed by atoms with Crippen LogP contribution in [0.4, 0.5) is 11.6 Å². The summed E-state index contributed by atoms with van der Waals surface area (Å²) in [4.78, 5) is 21.2. The second-order valence-electron chi connectivity index (χ2n) is 7.59. The van der Waals surface area contributed by atoms with Crippen molar-refractivity contribution in [3.63, 3.8) is 0 Å². The van der Waals surface area contributed by atoms with Gasteiger partial charge in [-0.15, -0.1) is 11.3 Å². The number of anilines is 2. The summed E-state index contributed by atoms with van der Waals surface area (Å²) in [5.74, 6) is 1.08. The van der Waals surface area contributed by atoms with Gasteiger partial charge in [-0.25, -0.2) is 4.98 Å². The first-order valence-electron chi connectivity index (χ1n) is 9.69. The molecule has 5 rings (SSSR count). The van der Waals surface area contributed by atoms with Crippen LogP contribution < -0.4 is 10.9 Å². The highest BCUT2D eigenvalue weighted by Gasteiger charge is 2.30. The molecule has 2 aliphatic rings. The predicted octanol–water partition coefficient (Wildman–Crippen LogP) is 4.83. The van der Waals surface area contributed by atoms with Gasteiger partial charge in [-0.2, -0.15) is 4.98 Å². The lowest BCUT2D eigenvalue weighted by molar-refractivity contribution is 0.401. The van der Waals surface area contributed by atoms with Crippen LogP contribution >= 0.6 is 11.3 Å². The summed E-state index contributed by atoms with van der Waals surface area (Å²) in [5, 5.41) is 4.53. The van der Waals surface area contributed by atoms with Crippen molar-refractivity contribution in [1.29, 1.82) is 0 Å². The van der Waals surface area contributed by atoms with Crippen LogP contribution in [0.15, 0.2) is 47.3 Å². The summed E-state index contributed by atoms with van der Waals surface area (Å²) in [6.07, 6.45) is 11.7. The highest BCUT2D eigenvalue weighted by Crippen LogP contribution is 2.38. The summed E-state index contributed by atoms with van der Waals surface area (Å²) in [7, 11) is 0. The van der Waals surface area contributed by atoms with E-state index in [1.165, 1.54) is 0 Å². The molecule has 6 heteroatoms. The van der Waals surface area contributed by atoms with Gasteiger partial charge in [-0.3, -0.25) is 4.79 Å². The van der Waals surface area contributed by atoms with E-state index in [1.807, 2.05) is 6.92 Å². The Morgan fingerprint density at radius 2 is 2.07 bits per heavy atom. The highest BCUT2D eigenvalue weighted by atomic mass is 32.1. The molecular formula is C22H22N4OS. The average molecular weight is 391 g/mol. The molecule has 0 fully saturated rings. The van der Waals surface area contributed by atoms with E-state index < -0.39 is 0 Å². The van der Waals surface area contributed by atoms with Crippen LogP contribution in [0.5, 0.6) is 0 Å². The predicted molar refractivity (Wildman–Crippen MR) is 115 cm³/mol. The van der Waals surface area contributed by atoms with E-state index >= 15 is 0 Å². The molecule has 0 spiro atoms. The minimum Gasteiger partial charge on any atom is -0.325 e. The largest absolute Gasteiger partial charge is 0.325 e. The summed E-state index contributed by atoms with van der Waals surface area (Å²) in [6.45, 7) is 4.09. The Balaban J connectivity index is 1.57. The van der Waals surface area contributed by atoms with Gasteiger partial charge in [-0.1, -0.05) is 24.3 Å². The summed E-state index contributed by atoms with van der Waals surface area (Å²) in [5.41, 5.74) is 3.99. The van der Waals surface area contributed by atoms with Crippen molar-refractivity contribution in [2.24, 2.45) is 5.92 Å². The third-order valence-electron chi connectivity index (χ3n) is 5.67. The molecule has 3 aromatic rings. The maximum absolute atomic E-state index is 12.2. The number of thiazole rings is 1. The molecule has 2 atom stereocenters. The van der Waals surface area contributed by atoms with E-state index in [-0.39, 0.29) is 5.56 Å². The number of aromatic nitrogens is 3. The third kappa shape index (κ3) is 2.98. The Bertz CT molecular complexity index is 1190. The molecule has 3 heterocycles. The minimum atomic E-state index is -0.180. The number of benzene rings is 1. The first kappa shape index (κ1) is 17.4. The van der Waals surface area contributed by atoms with Crippen molar-refractivity contribution in [1.82, 2.24) is 14.5 Å². The number of hydrogen-bond acceptors (Lipinski definition) is 5. The van der Waals surface area contributed by atoms with Crippen molar-refractivity contribution in [2.75, 3.05) is 5.32 Å². The zero-order valence-corrected chi connectivity index (χ0v) is 16.8. The number of nitrogens with one attached hydrogen (secondary N) is 1. The first-order chi connectivity index (χ1) is 13.6. The number of nitrogens with zero attached hydrogens (tertiary/aromatic N) is 3. The topological polar surface area (TPSA) is 59.8 Å². The van der Waals surface area contributed by atoms with Gasteiger partial charge in [0.1, 0.15) is 0 Å². The minimum absolute atomic E-state index is 0.180. The first-order valence-corrected chi connectivity index (χ1v) is 10.5. The molecule has 1 N–H and O–H groups in total. The molecule has 1 aliphatic heterocycles. The monoisotopic (exact) mass is 390 g/mol. The quantitative estimate of drug-likeness (QED) is 0.696. The molecule has 1 aliphatic carbocycles. The Labute approximate surface area is 167 Å². The van der Waals surface area contributed by atoms with Gasteiger partial charge in [0.15, 0.2) is 0 Å². The fourth-order valence-corrected chi connectivity index (χ4v) is 5.20. The fourth-order valence-electron chi connectivity index (χ4n) is 4.35. The Morgan fingerprint density at radius 1 is 1.18 bits per heavy atom. The van der Waals surface area contributed by atoms with E-state index in [0.717, 1.165) is 51.4 Å². The van der Waals surface area contributed by atoms with Gasteiger partial charge in [0, 0.05) is 29.4 Å². The van der Waals surface area contributed by atoms with Gasteiger partial charge >= 0.3 is 0 Å². The van der Waals surface area contributed by atoms with Crippen molar-refractivity contribution in [3.05, 3.63) is 69.1 Å². The molecule has 0 amide bonds. The van der Waals surface area contributed by atoms with E-state index in [1.54, 1.807) is 17.4 Å². The molecule has 0 bridgehead atoms. The van der Waals surface area contributed by atoms with Crippen molar-refractivity contribution < 1.29 is 0 Å². The number of hydrogen-bond donors (Lipinski definition) is 1. The van der Waals surface area contributed by atoms with Gasteiger partial charge in [0.25, 0.3) is 5.56 Å². The summed E-state index contributed by atoms with van der Waals surface area (Å²) < 4.78 is 3.39. The van der Waals surface area contributed by atoms with Crippen LogP contribution in [-0.2, 0) is 6.42 Å². The molecule has 0 saturated heterocycles. The van der Waals surface area contributed by atoms with Crippen LogP contribution in [0.25, 0.3) is 10.2 Å². The van der Waals surface area contributed by atoms with Crippen LogP contribution in [-0.4, -0.2) is 14.5 Å². The normalized spacial score (nSPS) is 20.6. The SMILES string of the molecule is Cc1nc2cc(C)c(Nc3nc(=O)cc4n3[C@H](C3C=CC=CC3)CC4)cc2s1. The molecule has 2 aromatic heterocycles. The standard InChI is InChI=1S/C22H22N4OS/c1-13-10-18-20(28-14(2)23-18)12-17(13)24-22-25-21(27)11-16-8-9-19(26(16)22)15-6-4-3-5-7-15/h3-6,10-12,15,19H,7-9H2,1-2H3,(H,24,25,27)/t15?,19-/m0/s1. The van der Waals surface area contributed by atoms with Gasteiger partial charge in [-0.05, 0) is 50.8 Å². The molecule has 1 unspecified atom stereocenters. The lowest BCUT2D eigenvalue weighted by atomic mass is 9.91. The Hall–Kier alpha value is -2.73. The van der Waals surface area contributed by atoms with Crippen LogP contribution in [0.2, 0.25) is 0 Å². The molecule has 142 valence electrons. The Morgan fingerprint density at radius 3 is 2.89 bits per heavy atom. The van der Waals surface area contributed by atoms with Gasteiger partial charge in [0.05, 0.1) is 15.2 Å². The van der Waals surface area contributed by atoms with Gasteiger partial charge in [0.2, 0.25) is 5.95 Å². The molecule has 1 aromatic carbocycles. The summed E-state index contributed by atoms with van der Waals surface area (Å²) in [6, 6.07) is 6.23. The molecule has 0 radical (unpaired) electrons. The second kappa shape index (κ2) is 6.71. The zero-order chi connectivity index (χ0) is 19.3. The molecule has 5 nitrogen and oxygen atoms in total. The molecule has 28 heavy (non-hydrogen) atoms. The lowest BCUT2D eigenvalue weighted by Gasteiger charge is -2.26. The van der Waals surface area contributed by atoms with Crippen LogP contribution in [0.3, 0.4) is 0 Å². The Kier molecular flexibility index (Phi) is 4.16. The van der Waals surface area contributed by atoms with E-state index in [4.69, 9.17) is 0 Å². The number of allylic oxidation sites excluding steroid dienone is 4. The van der Waals surface area contributed by atoms with E-state index in [2.05, 4.69) is 63.2 Å². The van der Waals surface area contributed by atoms with Crippen molar-refractivity contribution in [2.45, 2.75) is 39.2 Å². The van der Waals surface area contributed by atoms with Crippen molar-refractivity contribution >= 4 is 33.2 Å². The van der Waals surface area contributed by atoms with Crippen LogP contribution in [0, 0.1) is 19.8 Å². The smallest absolute Gasteiger partial charge is 0.274 e. The summed E-state index contributed by atoms with van der Waals surface area (Å²) >= 11 is 1.68. The number of fused-ring (bicyclic) bond motifs is 2. The van der Waals surface area contributed by atoms with Crippen molar-refractivity contribution in [3.8, 4) is 0 Å². The van der Waals surface area contributed by atoms with Gasteiger partial charge < -0.3 is 9.88 Å². The maximum atomic E-state index is 12.2. The third-order valence-corrected chi connectivity index (χ3v) is 6.60.